The molecule has 0 aliphatic heterocycles. The van der Waals surface area contributed by atoms with Gasteiger partial charge in [-0.1, -0.05) is 35.9 Å². The molecule has 156 valence electrons. The summed E-state index contributed by atoms with van der Waals surface area (Å²) >= 11 is 6.09. The van der Waals surface area contributed by atoms with Crippen molar-refractivity contribution in [2.24, 2.45) is 0 Å². The first kappa shape index (κ1) is 20.5. The number of carbonyl (C=O) groups excluding carboxylic acids is 1. The zero-order chi connectivity index (χ0) is 22.0. The van der Waals surface area contributed by atoms with Crippen molar-refractivity contribution < 1.29 is 18.7 Å². The van der Waals surface area contributed by atoms with Crippen LogP contribution in [-0.4, -0.2) is 20.1 Å². The number of methoxy groups -OCH3 is 2. The molecule has 7 heteroatoms. The van der Waals surface area contributed by atoms with Crippen LogP contribution in [0.1, 0.15) is 10.4 Å². The number of hydrogen-bond donors (Lipinski definition) is 1. The highest BCUT2D eigenvalue weighted by Gasteiger charge is 2.20. The molecule has 6 nitrogen and oxygen atoms in total. The van der Waals surface area contributed by atoms with E-state index in [9.17, 15) is 9.59 Å². The van der Waals surface area contributed by atoms with Crippen LogP contribution in [0.5, 0.6) is 11.5 Å². The van der Waals surface area contributed by atoms with Crippen LogP contribution in [0.4, 0.5) is 5.88 Å². The van der Waals surface area contributed by atoms with Crippen molar-refractivity contribution in [2.45, 2.75) is 0 Å². The molecule has 1 N–H and O–H groups in total. The van der Waals surface area contributed by atoms with Crippen LogP contribution in [0.15, 0.2) is 75.9 Å². The van der Waals surface area contributed by atoms with E-state index in [2.05, 4.69) is 5.32 Å². The monoisotopic (exact) mass is 435 g/mol. The van der Waals surface area contributed by atoms with Crippen LogP contribution in [-0.2, 0) is 0 Å². The maximum absolute atomic E-state index is 13.4. The van der Waals surface area contributed by atoms with Gasteiger partial charge in [-0.25, -0.2) is 0 Å². The molecule has 0 radical (unpaired) electrons. The standard InChI is InChI=1S/C24H18ClNO5/c1-29-19-10-8-15(12-20(19)30-2)21-22(27)17-13-16(25)9-11-18(17)31-24(21)26-23(28)14-6-4-3-5-7-14/h3-13H,1-2H3,(H,26,28). The Morgan fingerprint density at radius 2 is 1.68 bits per heavy atom. The van der Waals surface area contributed by atoms with Gasteiger partial charge in [0.2, 0.25) is 11.3 Å². The lowest BCUT2D eigenvalue weighted by atomic mass is 10.0. The van der Waals surface area contributed by atoms with E-state index in [0.29, 0.717) is 38.6 Å². The van der Waals surface area contributed by atoms with E-state index in [-0.39, 0.29) is 16.9 Å². The summed E-state index contributed by atoms with van der Waals surface area (Å²) in [4.78, 5) is 26.2. The third-order valence-electron chi connectivity index (χ3n) is 4.79. The normalized spacial score (nSPS) is 10.7. The minimum absolute atomic E-state index is 0.0286. The van der Waals surface area contributed by atoms with Gasteiger partial charge in [-0.05, 0) is 48.0 Å². The third-order valence-corrected chi connectivity index (χ3v) is 5.02. The van der Waals surface area contributed by atoms with Crippen molar-refractivity contribution >= 4 is 34.4 Å². The number of hydrogen-bond acceptors (Lipinski definition) is 5. The molecule has 4 aromatic rings. The van der Waals surface area contributed by atoms with Crippen LogP contribution < -0.4 is 20.2 Å². The number of carbonyl (C=O) groups is 1. The van der Waals surface area contributed by atoms with Gasteiger partial charge in [0.05, 0.1) is 25.2 Å². The fourth-order valence-electron chi connectivity index (χ4n) is 3.27. The highest BCUT2D eigenvalue weighted by atomic mass is 35.5. The summed E-state index contributed by atoms with van der Waals surface area (Å²) in [7, 11) is 3.03. The third kappa shape index (κ3) is 3.98. The first-order valence-electron chi connectivity index (χ1n) is 9.37. The number of nitrogens with one attached hydrogen (secondary N) is 1. The molecule has 1 aromatic heterocycles. The second kappa shape index (κ2) is 8.53. The largest absolute Gasteiger partial charge is 0.493 e. The van der Waals surface area contributed by atoms with Crippen molar-refractivity contribution in [1.82, 2.24) is 0 Å². The lowest BCUT2D eigenvalue weighted by Crippen LogP contribution is -2.16. The summed E-state index contributed by atoms with van der Waals surface area (Å²) in [5, 5.41) is 3.43. The van der Waals surface area contributed by atoms with Crippen molar-refractivity contribution in [1.29, 1.82) is 0 Å². The van der Waals surface area contributed by atoms with Gasteiger partial charge in [0.1, 0.15) is 5.58 Å². The second-order valence-corrected chi connectivity index (χ2v) is 7.10. The smallest absolute Gasteiger partial charge is 0.257 e. The molecule has 0 spiro atoms. The molecule has 1 amide bonds. The van der Waals surface area contributed by atoms with Crippen LogP contribution in [0.3, 0.4) is 0 Å². The summed E-state index contributed by atoms with van der Waals surface area (Å²) in [5.41, 5.74) is 1.08. The molecular formula is C24H18ClNO5. The molecule has 31 heavy (non-hydrogen) atoms. The average Bonchev–Trinajstić information content (AvgIpc) is 2.80. The Morgan fingerprint density at radius 3 is 2.39 bits per heavy atom. The minimum Gasteiger partial charge on any atom is -0.493 e. The van der Waals surface area contributed by atoms with Crippen LogP contribution in [0.2, 0.25) is 5.02 Å². The minimum atomic E-state index is -0.404. The lowest BCUT2D eigenvalue weighted by molar-refractivity contribution is 0.102. The number of benzene rings is 3. The number of amides is 1. The number of ether oxygens (including phenoxy) is 2. The van der Waals surface area contributed by atoms with Crippen molar-refractivity contribution in [2.75, 3.05) is 19.5 Å². The van der Waals surface area contributed by atoms with E-state index < -0.39 is 5.91 Å². The molecule has 0 atom stereocenters. The quantitative estimate of drug-likeness (QED) is 0.455. The summed E-state index contributed by atoms with van der Waals surface area (Å²) in [6.45, 7) is 0. The maximum atomic E-state index is 13.4. The van der Waals surface area contributed by atoms with E-state index in [1.54, 1.807) is 54.6 Å². The van der Waals surface area contributed by atoms with Gasteiger partial charge in [-0.2, -0.15) is 0 Å². The van der Waals surface area contributed by atoms with Gasteiger partial charge in [0.15, 0.2) is 11.5 Å². The molecule has 4 rings (SSSR count). The van der Waals surface area contributed by atoms with Gasteiger partial charge < -0.3 is 13.9 Å². The zero-order valence-corrected chi connectivity index (χ0v) is 17.5. The van der Waals surface area contributed by atoms with Gasteiger partial charge in [-0.15, -0.1) is 0 Å². The van der Waals surface area contributed by atoms with E-state index in [0.717, 1.165) is 0 Å². The molecule has 0 fully saturated rings. The lowest BCUT2D eigenvalue weighted by Gasteiger charge is -2.13. The molecule has 3 aromatic carbocycles. The fraction of sp³-hybridized carbons (Fsp3) is 0.0833. The second-order valence-electron chi connectivity index (χ2n) is 6.67. The Balaban J connectivity index is 1.93. The molecule has 0 saturated carbocycles. The van der Waals surface area contributed by atoms with E-state index in [4.69, 9.17) is 25.5 Å². The average molecular weight is 436 g/mol. The van der Waals surface area contributed by atoms with E-state index in [1.165, 1.54) is 20.3 Å². The van der Waals surface area contributed by atoms with E-state index in [1.807, 2.05) is 6.07 Å². The summed E-state index contributed by atoms with van der Waals surface area (Å²) < 4.78 is 16.6. The van der Waals surface area contributed by atoms with Gasteiger partial charge in [0, 0.05) is 10.6 Å². The first-order valence-corrected chi connectivity index (χ1v) is 9.74. The molecular weight excluding hydrogens is 418 g/mol. The van der Waals surface area contributed by atoms with Crippen LogP contribution in [0, 0.1) is 0 Å². The predicted molar refractivity (Wildman–Crippen MR) is 120 cm³/mol. The van der Waals surface area contributed by atoms with Gasteiger partial charge in [-0.3, -0.25) is 14.9 Å². The molecule has 0 aliphatic carbocycles. The number of fused-ring (bicyclic) bond motifs is 1. The van der Waals surface area contributed by atoms with Crippen molar-refractivity contribution in [3.8, 4) is 22.6 Å². The zero-order valence-electron chi connectivity index (χ0n) is 16.8. The number of halogens is 1. The highest BCUT2D eigenvalue weighted by molar-refractivity contribution is 6.31. The molecule has 0 unspecified atom stereocenters. The van der Waals surface area contributed by atoms with Crippen molar-refractivity contribution in [3.05, 3.63) is 87.5 Å². The fourth-order valence-corrected chi connectivity index (χ4v) is 3.45. The summed E-state index contributed by atoms with van der Waals surface area (Å²) in [5.74, 6) is 0.569. The maximum Gasteiger partial charge on any atom is 0.257 e. The van der Waals surface area contributed by atoms with E-state index >= 15 is 0 Å². The predicted octanol–water partition coefficient (Wildman–Crippen LogP) is 5.38. The van der Waals surface area contributed by atoms with Gasteiger partial charge >= 0.3 is 0 Å². The molecule has 1 heterocycles. The highest BCUT2D eigenvalue weighted by Crippen LogP contribution is 2.35. The Labute approximate surface area is 183 Å². The number of rotatable bonds is 5. The Hall–Kier alpha value is -3.77. The Bertz CT molecular complexity index is 1330. The van der Waals surface area contributed by atoms with Crippen molar-refractivity contribution in [3.63, 3.8) is 0 Å². The molecule has 0 saturated heterocycles. The Morgan fingerprint density at radius 1 is 0.935 bits per heavy atom. The molecule has 0 bridgehead atoms. The first-order chi connectivity index (χ1) is 15.0. The summed E-state index contributed by atoms with van der Waals surface area (Å²) in [6.07, 6.45) is 0. The van der Waals surface area contributed by atoms with Gasteiger partial charge in [0.25, 0.3) is 5.91 Å². The number of anilines is 1. The SMILES string of the molecule is COc1ccc(-c2c(NC(=O)c3ccccc3)oc3ccc(Cl)cc3c2=O)cc1OC. The Kier molecular flexibility index (Phi) is 5.64. The van der Waals surface area contributed by atoms with Crippen LogP contribution >= 0.6 is 11.6 Å². The summed E-state index contributed by atoms with van der Waals surface area (Å²) in [6, 6.07) is 18.4. The van der Waals surface area contributed by atoms with Crippen LogP contribution in [0.25, 0.3) is 22.1 Å². The topological polar surface area (TPSA) is 77.8 Å². The molecule has 0 aliphatic rings.